The van der Waals surface area contributed by atoms with Crippen molar-refractivity contribution in [2.75, 3.05) is 0 Å². The molecule has 144 valence electrons. The van der Waals surface area contributed by atoms with Gasteiger partial charge in [-0.25, -0.2) is 13.9 Å². The van der Waals surface area contributed by atoms with Gasteiger partial charge >= 0.3 is 0 Å². The van der Waals surface area contributed by atoms with E-state index in [0.29, 0.717) is 35.4 Å². The third kappa shape index (κ3) is 4.92. The van der Waals surface area contributed by atoms with Gasteiger partial charge in [0.05, 0.1) is 5.02 Å². The van der Waals surface area contributed by atoms with Crippen LogP contribution in [0.3, 0.4) is 0 Å². The number of hydrogen-bond donors (Lipinski definition) is 0. The van der Waals surface area contributed by atoms with Crippen molar-refractivity contribution in [1.82, 2.24) is 14.6 Å². The van der Waals surface area contributed by atoms with Gasteiger partial charge in [-0.1, -0.05) is 39.3 Å². The molecule has 6 heteroatoms. The van der Waals surface area contributed by atoms with Crippen LogP contribution in [-0.4, -0.2) is 20.4 Å². The van der Waals surface area contributed by atoms with Crippen LogP contribution in [0, 0.1) is 18.7 Å². The highest BCUT2D eigenvalue weighted by molar-refractivity contribution is 6.30. The van der Waals surface area contributed by atoms with Gasteiger partial charge in [0.15, 0.2) is 11.4 Å². The fourth-order valence-corrected chi connectivity index (χ4v) is 2.79. The Morgan fingerprint density at radius 2 is 1.96 bits per heavy atom. The molecule has 0 radical (unpaired) electrons. The second kappa shape index (κ2) is 9.09. The molecule has 0 bridgehead atoms. The van der Waals surface area contributed by atoms with Crippen LogP contribution in [0.15, 0.2) is 30.5 Å². The van der Waals surface area contributed by atoms with Gasteiger partial charge in [0, 0.05) is 18.2 Å². The van der Waals surface area contributed by atoms with Gasteiger partial charge in [0.1, 0.15) is 17.2 Å². The zero-order chi connectivity index (χ0) is 20.1. The summed E-state index contributed by atoms with van der Waals surface area (Å²) in [6, 6.07) is 6.39. The molecule has 0 atom stereocenters. The van der Waals surface area contributed by atoms with E-state index in [1.54, 1.807) is 28.9 Å². The lowest BCUT2D eigenvalue weighted by molar-refractivity contribution is 0.0978. The molecule has 1 aromatic carbocycles. The summed E-state index contributed by atoms with van der Waals surface area (Å²) in [7, 11) is 0. The predicted molar refractivity (Wildman–Crippen MR) is 108 cm³/mol. The van der Waals surface area contributed by atoms with Gasteiger partial charge in [-0.2, -0.15) is 5.10 Å². The van der Waals surface area contributed by atoms with Crippen molar-refractivity contribution in [3.05, 3.63) is 52.6 Å². The molecule has 4 nitrogen and oxygen atoms in total. The molecule has 0 unspecified atom stereocenters. The molecule has 0 saturated heterocycles. The number of hydrogen-bond acceptors (Lipinski definition) is 3. The molecular formula is C21H25ClFN3O. The third-order valence-electron chi connectivity index (χ3n) is 3.66. The smallest absolute Gasteiger partial charge is 0.183 e. The Kier molecular flexibility index (Phi) is 7.08. The summed E-state index contributed by atoms with van der Waals surface area (Å²) in [6.07, 6.45) is 2.70. The molecule has 0 aliphatic carbocycles. The van der Waals surface area contributed by atoms with Crippen molar-refractivity contribution >= 4 is 23.0 Å². The van der Waals surface area contributed by atoms with Crippen molar-refractivity contribution in [3.63, 3.8) is 0 Å². The molecule has 0 aliphatic heterocycles. The van der Waals surface area contributed by atoms with Gasteiger partial charge in [0.2, 0.25) is 0 Å². The second-order valence-corrected chi connectivity index (χ2v) is 7.50. The van der Waals surface area contributed by atoms with Crippen molar-refractivity contribution in [1.29, 1.82) is 0 Å². The van der Waals surface area contributed by atoms with Crippen LogP contribution in [0.2, 0.25) is 5.02 Å². The molecule has 0 N–H and O–H groups in total. The number of Topliss-reactive ketones (excluding diaryl/α,β-unsaturated/α-hetero) is 1. The number of ketones is 1. The van der Waals surface area contributed by atoms with Crippen LogP contribution in [0.25, 0.3) is 16.9 Å². The van der Waals surface area contributed by atoms with Crippen LogP contribution >= 0.6 is 11.6 Å². The standard InChI is InChI=1S/C17H15ClFN3O.C4H10/c1-3-5-14(23)16-17(22-15(21-16)6-4-7-20-22)11-9-13(19)12(18)8-10(11)2;1-4(2)3/h4,6-9H,3,5H2,1-2H3;4H,1-3H3. The van der Waals surface area contributed by atoms with Gasteiger partial charge < -0.3 is 0 Å². The number of imidazole rings is 1. The monoisotopic (exact) mass is 389 g/mol. The van der Waals surface area contributed by atoms with Crippen LogP contribution in [-0.2, 0) is 0 Å². The van der Waals surface area contributed by atoms with Gasteiger partial charge in [-0.15, -0.1) is 0 Å². The van der Waals surface area contributed by atoms with Gasteiger partial charge in [-0.3, -0.25) is 4.79 Å². The number of benzene rings is 1. The minimum atomic E-state index is -0.535. The van der Waals surface area contributed by atoms with Crippen molar-refractivity contribution in [2.24, 2.45) is 5.92 Å². The number of halogens is 2. The van der Waals surface area contributed by atoms with Crippen LogP contribution in [0.5, 0.6) is 0 Å². The molecule has 0 spiro atoms. The van der Waals surface area contributed by atoms with E-state index in [1.807, 2.05) is 13.8 Å². The van der Waals surface area contributed by atoms with E-state index < -0.39 is 5.82 Å². The highest BCUT2D eigenvalue weighted by Gasteiger charge is 2.22. The van der Waals surface area contributed by atoms with Crippen molar-refractivity contribution in [2.45, 2.75) is 47.5 Å². The summed E-state index contributed by atoms with van der Waals surface area (Å²) in [4.78, 5) is 16.8. The van der Waals surface area contributed by atoms with Gasteiger partial charge in [0.25, 0.3) is 0 Å². The Labute approximate surface area is 164 Å². The first-order valence-corrected chi connectivity index (χ1v) is 9.47. The molecule has 0 saturated carbocycles. The van der Waals surface area contributed by atoms with E-state index in [9.17, 15) is 9.18 Å². The fraction of sp³-hybridized carbons (Fsp3) is 0.381. The van der Waals surface area contributed by atoms with Crippen LogP contribution < -0.4 is 0 Å². The summed E-state index contributed by atoms with van der Waals surface area (Å²) in [5, 5.41) is 4.31. The van der Waals surface area contributed by atoms with E-state index >= 15 is 0 Å². The Balaban J connectivity index is 0.000000596. The zero-order valence-corrected chi connectivity index (χ0v) is 17.1. The van der Waals surface area contributed by atoms with Crippen LogP contribution in [0.4, 0.5) is 4.39 Å². The lowest BCUT2D eigenvalue weighted by atomic mass is 10.0. The summed E-state index contributed by atoms with van der Waals surface area (Å²) >= 11 is 5.84. The Hall–Kier alpha value is -2.27. The van der Waals surface area contributed by atoms with E-state index in [1.165, 1.54) is 6.07 Å². The second-order valence-electron chi connectivity index (χ2n) is 7.09. The normalized spacial score (nSPS) is 10.8. The minimum Gasteiger partial charge on any atom is -0.292 e. The first-order valence-electron chi connectivity index (χ1n) is 9.09. The summed E-state index contributed by atoms with van der Waals surface area (Å²) in [5.41, 5.74) is 2.70. The Bertz CT molecular complexity index is 947. The predicted octanol–water partition coefficient (Wildman–Crippen LogP) is 6.14. The van der Waals surface area contributed by atoms with E-state index in [0.717, 1.165) is 11.5 Å². The number of nitrogens with zero attached hydrogens (tertiary/aromatic N) is 3. The number of aromatic nitrogens is 3. The lowest BCUT2D eigenvalue weighted by Crippen LogP contribution is -2.03. The maximum atomic E-state index is 14.0. The molecule has 0 amide bonds. The maximum absolute atomic E-state index is 14.0. The van der Waals surface area contributed by atoms with E-state index in [-0.39, 0.29) is 10.8 Å². The summed E-state index contributed by atoms with van der Waals surface area (Å²) < 4.78 is 15.5. The molecule has 0 aliphatic rings. The fourth-order valence-electron chi connectivity index (χ4n) is 2.57. The number of carbonyl (C=O) groups is 1. The largest absolute Gasteiger partial charge is 0.292 e. The first kappa shape index (κ1) is 21.0. The number of fused-ring (bicyclic) bond motifs is 1. The highest BCUT2D eigenvalue weighted by atomic mass is 35.5. The number of rotatable bonds is 4. The van der Waals surface area contributed by atoms with Crippen molar-refractivity contribution in [3.8, 4) is 11.3 Å². The zero-order valence-electron chi connectivity index (χ0n) is 16.4. The van der Waals surface area contributed by atoms with E-state index in [2.05, 4.69) is 30.9 Å². The van der Waals surface area contributed by atoms with Crippen LogP contribution in [0.1, 0.15) is 56.6 Å². The molecule has 27 heavy (non-hydrogen) atoms. The number of carbonyl (C=O) groups excluding carboxylic acids is 1. The molecule has 3 aromatic rings. The minimum absolute atomic E-state index is 0.0504. The van der Waals surface area contributed by atoms with E-state index in [4.69, 9.17) is 11.6 Å². The summed E-state index contributed by atoms with van der Waals surface area (Å²) in [5.74, 6) is 0.217. The van der Waals surface area contributed by atoms with Crippen molar-refractivity contribution < 1.29 is 9.18 Å². The average Bonchev–Trinajstić information content (AvgIpc) is 2.97. The Morgan fingerprint density at radius 3 is 2.59 bits per heavy atom. The molecular weight excluding hydrogens is 365 g/mol. The summed E-state index contributed by atoms with van der Waals surface area (Å²) in [6.45, 7) is 10.2. The maximum Gasteiger partial charge on any atom is 0.183 e. The highest BCUT2D eigenvalue weighted by Crippen LogP contribution is 2.31. The lowest BCUT2D eigenvalue weighted by Gasteiger charge is -2.08. The SMILES string of the molecule is CC(C)C.CCCC(=O)c1nc2cccnn2c1-c1cc(F)c(Cl)cc1C. The topological polar surface area (TPSA) is 47.3 Å². The quantitative estimate of drug-likeness (QED) is 0.503. The van der Waals surface area contributed by atoms with Gasteiger partial charge in [-0.05, 0) is 49.1 Å². The first-order chi connectivity index (χ1) is 12.8. The molecule has 0 fully saturated rings. The molecule has 3 rings (SSSR count). The Morgan fingerprint density at radius 1 is 1.30 bits per heavy atom. The molecule has 2 heterocycles. The number of aryl methyl sites for hydroxylation is 1. The molecule has 2 aromatic heterocycles. The average molecular weight is 390 g/mol. The third-order valence-corrected chi connectivity index (χ3v) is 3.95.